The van der Waals surface area contributed by atoms with Gasteiger partial charge in [0.15, 0.2) is 23.3 Å². The van der Waals surface area contributed by atoms with Gasteiger partial charge in [-0.05, 0) is 48.8 Å². The molecule has 1 fully saturated rings. The molecule has 0 spiro atoms. The van der Waals surface area contributed by atoms with Gasteiger partial charge in [0.25, 0.3) is 0 Å². The molecule has 192 valence electrons. The fourth-order valence-corrected chi connectivity index (χ4v) is 6.54. The van der Waals surface area contributed by atoms with Crippen LogP contribution in [-0.2, 0) is 0 Å². The molecule has 0 N–H and O–H groups in total. The van der Waals surface area contributed by atoms with Crippen molar-refractivity contribution in [1.82, 2.24) is 0 Å². The summed E-state index contributed by atoms with van der Waals surface area (Å²) >= 11 is 7.09. The van der Waals surface area contributed by atoms with Crippen molar-refractivity contribution in [2.75, 3.05) is 0 Å². The smallest absolute Gasteiger partial charge is 0.170 e. The molecule has 3 aromatic carbocycles. The van der Waals surface area contributed by atoms with Gasteiger partial charge in [-0.15, -0.1) is 11.6 Å². The Morgan fingerprint density at radius 1 is 0.861 bits per heavy atom. The Balaban J connectivity index is 1.82. The lowest BCUT2D eigenvalue weighted by Gasteiger charge is -2.45. The zero-order valence-electron chi connectivity index (χ0n) is 20.5. The van der Waals surface area contributed by atoms with Crippen LogP contribution in [0.25, 0.3) is 22.3 Å². The number of halogens is 6. The van der Waals surface area contributed by atoms with E-state index >= 15 is 22.0 Å². The molecular weight excluding hydrogens is 491 g/mol. The van der Waals surface area contributed by atoms with Gasteiger partial charge < -0.3 is 0 Å². The third kappa shape index (κ3) is 4.67. The molecule has 0 nitrogen and oxygen atoms in total. The van der Waals surface area contributed by atoms with Crippen LogP contribution in [0.5, 0.6) is 0 Å². The second-order valence-electron chi connectivity index (χ2n) is 9.72. The lowest BCUT2D eigenvalue weighted by Crippen LogP contribution is -2.42. The van der Waals surface area contributed by atoms with Gasteiger partial charge in [-0.1, -0.05) is 75.6 Å². The molecule has 0 aromatic heterocycles. The summed E-state index contributed by atoms with van der Waals surface area (Å²) in [5.74, 6) is -8.11. The predicted octanol–water partition coefficient (Wildman–Crippen LogP) is 10.2. The average molecular weight is 521 g/mol. The first kappa shape index (κ1) is 26.7. The second-order valence-corrected chi connectivity index (χ2v) is 10.4. The van der Waals surface area contributed by atoms with Crippen LogP contribution in [0, 0.1) is 35.0 Å². The fourth-order valence-electron chi connectivity index (χ4n) is 5.92. The van der Waals surface area contributed by atoms with Gasteiger partial charge in [0.1, 0.15) is 5.82 Å². The van der Waals surface area contributed by atoms with Gasteiger partial charge in [-0.3, -0.25) is 0 Å². The molecule has 1 aliphatic carbocycles. The van der Waals surface area contributed by atoms with Gasteiger partial charge in [0.05, 0.1) is 10.4 Å². The van der Waals surface area contributed by atoms with Crippen molar-refractivity contribution in [1.29, 1.82) is 0 Å². The van der Waals surface area contributed by atoms with Crippen molar-refractivity contribution in [3.8, 4) is 22.3 Å². The summed E-state index contributed by atoms with van der Waals surface area (Å²) in [6.45, 7) is 3.73. The number of hydrogen-bond acceptors (Lipinski definition) is 0. The Hall–Kier alpha value is -2.40. The number of benzene rings is 3. The lowest BCUT2D eigenvalue weighted by molar-refractivity contribution is 0.206. The first-order valence-electron chi connectivity index (χ1n) is 12.6. The van der Waals surface area contributed by atoms with Crippen molar-refractivity contribution in [3.05, 3.63) is 83.2 Å². The predicted molar refractivity (Wildman–Crippen MR) is 136 cm³/mol. The summed E-state index contributed by atoms with van der Waals surface area (Å²) in [7, 11) is 0. The summed E-state index contributed by atoms with van der Waals surface area (Å²) in [5, 5.41) is 0. The summed E-state index contributed by atoms with van der Waals surface area (Å²) in [6, 6.07) is 12.6. The topological polar surface area (TPSA) is 0 Å². The molecule has 36 heavy (non-hydrogen) atoms. The van der Waals surface area contributed by atoms with E-state index in [9.17, 15) is 0 Å². The van der Waals surface area contributed by atoms with E-state index in [2.05, 4.69) is 0 Å². The van der Waals surface area contributed by atoms with E-state index in [1.807, 2.05) is 6.92 Å². The maximum Gasteiger partial charge on any atom is 0.170 e. The molecular formula is C30H30ClF5. The standard InChI is InChI=1S/C30H30ClF5/c1-3-10-20-13-8-9-16-30(20,31)22(4-2)25-28(35)26(33)24(27(34)29(25)36)21-15-14-19(17-23(21)32)18-11-6-5-7-12-18/h5-7,11-12,14-15,17,20,22H,3-4,8-10,13,16H2,1-2H3. The third-order valence-corrected chi connectivity index (χ3v) is 8.42. The van der Waals surface area contributed by atoms with Crippen molar-refractivity contribution in [3.63, 3.8) is 0 Å². The van der Waals surface area contributed by atoms with Crippen molar-refractivity contribution < 1.29 is 22.0 Å². The molecule has 0 saturated heterocycles. The minimum atomic E-state index is -1.60. The van der Waals surface area contributed by atoms with E-state index in [1.165, 1.54) is 6.07 Å². The third-order valence-electron chi connectivity index (χ3n) is 7.66. The monoisotopic (exact) mass is 520 g/mol. The Morgan fingerprint density at radius 2 is 1.53 bits per heavy atom. The number of hydrogen-bond donors (Lipinski definition) is 0. The molecule has 1 aliphatic rings. The van der Waals surface area contributed by atoms with E-state index in [0.717, 1.165) is 44.2 Å². The van der Waals surface area contributed by atoms with E-state index in [1.54, 1.807) is 37.3 Å². The minimum Gasteiger partial charge on any atom is -0.206 e. The highest BCUT2D eigenvalue weighted by Crippen LogP contribution is 2.53. The number of alkyl halides is 1. The van der Waals surface area contributed by atoms with Gasteiger partial charge in [0.2, 0.25) is 0 Å². The molecule has 3 unspecified atom stereocenters. The molecule has 6 heteroatoms. The normalized spacial score (nSPS) is 20.9. The highest BCUT2D eigenvalue weighted by molar-refractivity contribution is 6.24. The Bertz CT molecular complexity index is 1190. The van der Waals surface area contributed by atoms with Gasteiger partial charge in [0, 0.05) is 17.0 Å². The number of rotatable bonds is 7. The molecule has 0 heterocycles. The maximum absolute atomic E-state index is 15.6. The van der Waals surface area contributed by atoms with Crippen LogP contribution < -0.4 is 0 Å². The van der Waals surface area contributed by atoms with Crippen LogP contribution in [0.3, 0.4) is 0 Å². The average Bonchev–Trinajstić information content (AvgIpc) is 2.88. The highest BCUT2D eigenvalue weighted by Gasteiger charge is 2.47. The van der Waals surface area contributed by atoms with Crippen LogP contribution >= 0.6 is 11.6 Å². The fraction of sp³-hybridized carbons (Fsp3) is 0.400. The largest absolute Gasteiger partial charge is 0.206 e. The van der Waals surface area contributed by atoms with Crippen LogP contribution in [0.2, 0.25) is 0 Å². The highest BCUT2D eigenvalue weighted by atomic mass is 35.5. The van der Waals surface area contributed by atoms with Crippen LogP contribution in [0.15, 0.2) is 48.5 Å². The lowest BCUT2D eigenvalue weighted by atomic mass is 9.67. The molecule has 0 amide bonds. The molecule has 0 aliphatic heterocycles. The first-order chi connectivity index (χ1) is 17.2. The molecule has 3 atom stereocenters. The van der Waals surface area contributed by atoms with Gasteiger partial charge in [-0.25, -0.2) is 22.0 Å². The van der Waals surface area contributed by atoms with Crippen LogP contribution in [-0.4, -0.2) is 4.87 Å². The minimum absolute atomic E-state index is 0.0181. The summed E-state index contributed by atoms with van der Waals surface area (Å²) < 4.78 is 77.1. The van der Waals surface area contributed by atoms with E-state index in [4.69, 9.17) is 11.6 Å². The van der Waals surface area contributed by atoms with Crippen molar-refractivity contribution in [2.24, 2.45) is 5.92 Å². The first-order valence-corrected chi connectivity index (χ1v) is 13.0. The quantitative estimate of drug-likeness (QED) is 0.165. The van der Waals surface area contributed by atoms with Crippen LogP contribution in [0.1, 0.15) is 70.3 Å². The summed E-state index contributed by atoms with van der Waals surface area (Å²) in [4.78, 5) is -1.01. The second kappa shape index (κ2) is 10.9. The van der Waals surface area contributed by atoms with Gasteiger partial charge >= 0.3 is 0 Å². The van der Waals surface area contributed by atoms with E-state index in [-0.39, 0.29) is 12.3 Å². The summed E-state index contributed by atoms with van der Waals surface area (Å²) in [5.41, 5.74) is -1.08. The Kier molecular flexibility index (Phi) is 8.09. The molecule has 3 aromatic rings. The molecule has 0 bridgehead atoms. The zero-order valence-corrected chi connectivity index (χ0v) is 21.2. The van der Waals surface area contributed by atoms with Crippen molar-refractivity contribution >= 4 is 11.6 Å². The molecule has 4 rings (SSSR count). The maximum atomic E-state index is 15.6. The van der Waals surface area contributed by atoms with Gasteiger partial charge in [-0.2, -0.15) is 0 Å². The van der Waals surface area contributed by atoms with Crippen LogP contribution in [0.4, 0.5) is 22.0 Å². The zero-order chi connectivity index (χ0) is 26.0. The van der Waals surface area contributed by atoms with E-state index < -0.39 is 56.6 Å². The Morgan fingerprint density at radius 3 is 2.11 bits per heavy atom. The molecule has 1 saturated carbocycles. The SMILES string of the molecule is CCCC1CCCCC1(Cl)C(CC)c1c(F)c(F)c(-c2ccc(-c3ccccc3)cc2F)c(F)c1F. The molecule has 0 radical (unpaired) electrons. The summed E-state index contributed by atoms with van der Waals surface area (Å²) in [6.07, 6.45) is 4.89. The van der Waals surface area contributed by atoms with Crippen molar-refractivity contribution in [2.45, 2.75) is 69.6 Å². The van der Waals surface area contributed by atoms with E-state index in [0.29, 0.717) is 17.5 Å². The Labute approximate surface area is 214 Å².